The van der Waals surface area contributed by atoms with E-state index in [4.69, 9.17) is 4.98 Å². The van der Waals surface area contributed by atoms with Crippen LogP contribution in [0.2, 0.25) is 0 Å². The van der Waals surface area contributed by atoms with Crippen molar-refractivity contribution in [1.29, 1.82) is 10.5 Å². The summed E-state index contributed by atoms with van der Waals surface area (Å²) in [6, 6.07) is 13.1. The van der Waals surface area contributed by atoms with E-state index in [9.17, 15) is 10.5 Å². The van der Waals surface area contributed by atoms with E-state index in [1.165, 1.54) is 23.4 Å². The van der Waals surface area contributed by atoms with E-state index >= 15 is 0 Å². The van der Waals surface area contributed by atoms with Crippen molar-refractivity contribution >= 4 is 34.9 Å². The summed E-state index contributed by atoms with van der Waals surface area (Å²) in [5.41, 5.74) is 6.09. The minimum absolute atomic E-state index is 0. The molecule has 0 bridgehead atoms. The third-order valence-corrected chi connectivity index (χ3v) is 6.37. The molecule has 5 nitrogen and oxygen atoms in total. The molecule has 2 aromatic heterocycles. The van der Waals surface area contributed by atoms with E-state index in [2.05, 4.69) is 27.5 Å². The number of benzene rings is 1. The number of anilines is 1. The van der Waals surface area contributed by atoms with Crippen LogP contribution in [-0.4, -0.2) is 22.5 Å². The molecule has 0 atom stereocenters. The van der Waals surface area contributed by atoms with Crippen LogP contribution in [0.4, 0.5) is 5.82 Å². The predicted octanol–water partition coefficient (Wildman–Crippen LogP) is 4.79. The van der Waals surface area contributed by atoms with Crippen molar-refractivity contribution in [3.8, 4) is 12.1 Å². The summed E-state index contributed by atoms with van der Waals surface area (Å²) in [4.78, 5) is 7.32. The van der Waals surface area contributed by atoms with Gasteiger partial charge in [0, 0.05) is 19.0 Å². The number of halogens is 1. The second-order valence-electron chi connectivity index (χ2n) is 7.98. The van der Waals surface area contributed by atoms with Gasteiger partial charge >= 0.3 is 0 Å². The van der Waals surface area contributed by atoms with Gasteiger partial charge in [-0.15, -0.1) is 12.4 Å². The molecule has 0 radical (unpaired) electrons. The number of pyridine rings is 1. The molecule has 6 heteroatoms. The van der Waals surface area contributed by atoms with Crippen molar-refractivity contribution in [3.05, 3.63) is 41.0 Å². The lowest BCUT2D eigenvalue weighted by molar-refractivity contribution is 0.483. The van der Waals surface area contributed by atoms with Crippen LogP contribution in [0.25, 0.3) is 16.7 Å². The summed E-state index contributed by atoms with van der Waals surface area (Å²) in [6.45, 7) is 1.77. The summed E-state index contributed by atoms with van der Waals surface area (Å²) in [5, 5.41) is 19.3. The molecule has 5 rings (SSSR count). The van der Waals surface area contributed by atoms with Crippen LogP contribution in [0.15, 0.2) is 24.3 Å². The van der Waals surface area contributed by atoms with Crippen LogP contribution in [-0.2, 0) is 12.8 Å². The van der Waals surface area contributed by atoms with E-state index in [0.29, 0.717) is 0 Å². The molecule has 0 amide bonds. The van der Waals surface area contributed by atoms with Crippen LogP contribution in [0.3, 0.4) is 0 Å². The third kappa shape index (κ3) is 3.11. The Hall–Kier alpha value is -2.76. The summed E-state index contributed by atoms with van der Waals surface area (Å²) in [6.07, 6.45) is 7.28. The lowest BCUT2D eigenvalue weighted by Crippen LogP contribution is -2.35. The summed E-state index contributed by atoms with van der Waals surface area (Å²) in [7, 11) is 0. The third-order valence-electron chi connectivity index (χ3n) is 6.37. The van der Waals surface area contributed by atoms with Gasteiger partial charge in [0.05, 0.1) is 22.7 Å². The molecular formula is C23H24ClN5. The maximum absolute atomic E-state index is 10.0. The van der Waals surface area contributed by atoms with Gasteiger partial charge in [-0.05, 0) is 61.8 Å². The van der Waals surface area contributed by atoms with Gasteiger partial charge in [-0.2, -0.15) is 10.5 Å². The predicted molar refractivity (Wildman–Crippen MR) is 116 cm³/mol. The second kappa shape index (κ2) is 7.93. The molecule has 0 spiro atoms. The number of imidazole rings is 1. The van der Waals surface area contributed by atoms with Crippen molar-refractivity contribution in [2.24, 2.45) is 5.92 Å². The van der Waals surface area contributed by atoms with Crippen LogP contribution < -0.4 is 4.90 Å². The van der Waals surface area contributed by atoms with Gasteiger partial charge < -0.3 is 4.90 Å². The van der Waals surface area contributed by atoms with E-state index < -0.39 is 0 Å². The Morgan fingerprint density at radius 1 is 0.966 bits per heavy atom. The Balaban J connectivity index is 0.00000205. The number of nitriles is 2. The molecule has 0 N–H and O–H groups in total. The van der Waals surface area contributed by atoms with Gasteiger partial charge in [-0.3, -0.25) is 4.40 Å². The Bertz CT molecular complexity index is 1140. The van der Waals surface area contributed by atoms with Crippen LogP contribution in [0, 0.1) is 28.6 Å². The lowest BCUT2D eigenvalue weighted by Gasteiger charge is -2.34. The molecule has 3 aromatic rings. The van der Waals surface area contributed by atoms with Crippen molar-refractivity contribution in [1.82, 2.24) is 9.38 Å². The van der Waals surface area contributed by atoms with Gasteiger partial charge in [-0.25, -0.2) is 4.98 Å². The smallest absolute Gasteiger partial charge is 0.157 e. The van der Waals surface area contributed by atoms with E-state index in [1.807, 2.05) is 18.2 Å². The Kier molecular flexibility index (Phi) is 5.35. The fourth-order valence-electron chi connectivity index (χ4n) is 4.95. The molecule has 1 saturated heterocycles. The SMILES string of the molecule is Cl.N#Cc1c2c(c(N3CCC(C#N)CC3)n3c1nc1ccccc13)CCCCC2. The number of para-hydroxylation sites is 2. The van der Waals surface area contributed by atoms with E-state index in [-0.39, 0.29) is 18.3 Å². The van der Waals surface area contributed by atoms with Gasteiger partial charge in [0.2, 0.25) is 0 Å². The molecule has 0 unspecified atom stereocenters. The number of piperidine rings is 1. The molecule has 3 heterocycles. The Morgan fingerprint density at radius 2 is 1.69 bits per heavy atom. The normalized spacial score (nSPS) is 17.2. The quantitative estimate of drug-likeness (QED) is 0.546. The molecule has 1 aromatic carbocycles. The zero-order valence-corrected chi connectivity index (χ0v) is 17.2. The number of hydrogen-bond acceptors (Lipinski definition) is 4. The van der Waals surface area contributed by atoms with Crippen molar-refractivity contribution in [2.45, 2.75) is 44.9 Å². The number of nitrogens with zero attached hydrogens (tertiary/aromatic N) is 5. The maximum atomic E-state index is 10.0. The number of aromatic nitrogens is 2. The molecule has 1 fully saturated rings. The first kappa shape index (κ1) is 19.6. The molecule has 148 valence electrons. The minimum atomic E-state index is 0. The first-order chi connectivity index (χ1) is 13.8. The highest BCUT2D eigenvalue weighted by Crippen LogP contribution is 2.38. The number of hydrogen-bond donors (Lipinski definition) is 0. The number of rotatable bonds is 1. The molecule has 1 aliphatic carbocycles. The van der Waals surface area contributed by atoms with Gasteiger partial charge in [0.25, 0.3) is 0 Å². The molecule has 1 aliphatic heterocycles. The Morgan fingerprint density at radius 3 is 2.41 bits per heavy atom. The monoisotopic (exact) mass is 405 g/mol. The van der Waals surface area contributed by atoms with Gasteiger partial charge in [0.15, 0.2) is 5.65 Å². The highest BCUT2D eigenvalue weighted by Gasteiger charge is 2.28. The average molecular weight is 406 g/mol. The van der Waals surface area contributed by atoms with E-state index in [1.54, 1.807) is 0 Å². The van der Waals surface area contributed by atoms with Gasteiger partial charge in [0.1, 0.15) is 11.9 Å². The van der Waals surface area contributed by atoms with Crippen LogP contribution in [0.5, 0.6) is 0 Å². The zero-order valence-electron chi connectivity index (χ0n) is 16.4. The summed E-state index contributed by atoms with van der Waals surface area (Å²) in [5.74, 6) is 1.37. The molecule has 0 saturated carbocycles. The zero-order chi connectivity index (χ0) is 19.1. The molecular weight excluding hydrogens is 382 g/mol. The van der Waals surface area contributed by atoms with E-state index in [0.717, 1.165) is 73.9 Å². The first-order valence-electron chi connectivity index (χ1n) is 10.3. The summed E-state index contributed by atoms with van der Waals surface area (Å²) < 4.78 is 2.23. The van der Waals surface area contributed by atoms with Crippen molar-refractivity contribution < 1.29 is 0 Å². The molecule has 29 heavy (non-hydrogen) atoms. The van der Waals surface area contributed by atoms with Crippen LogP contribution in [0.1, 0.15) is 48.8 Å². The highest BCUT2D eigenvalue weighted by atomic mass is 35.5. The topological polar surface area (TPSA) is 68.1 Å². The van der Waals surface area contributed by atoms with Crippen LogP contribution >= 0.6 is 12.4 Å². The fraction of sp³-hybridized carbons (Fsp3) is 0.435. The highest BCUT2D eigenvalue weighted by molar-refractivity contribution is 5.86. The maximum Gasteiger partial charge on any atom is 0.157 e. The minimum Gasteiger partial charge on any atom is -0.357 e. The molecule has 2 aliphatic rings. The standard InChI is InChI=1S/C23H23N5.ClH/c24-14-16-10-12-27(13-11-16)23-18-7-3-1-2-6-17(18)19(15-25)22-26-20-8-4-5-9-21(20)28(22)23;/h4-5,8-9,16H,1-3,6-7,10-13H2;1H. The fourth-order valence-corrected chi connectivity index (χ4v) is 4.95. The summed E-state index contributed by atoms with van der Waals surface area (Å²) >= 11 is 0. The first-order valence-corrected chi connectivity index (χ1v) is 10.3. The lowest BCUT2D eigenvalue weighted by atomic mass is 9.95. The average Bonchev–Trinajstić information content (AvgIpc) is 2.95. The number of fused-ring (bicyclic) bond motifs is 4. The van der Waals surface area contributed by atoms with Crippen molar-refractivity contribution in [3.63, 3.8) is 0 Å². The largest absolute Gasteiger partial charge is 0.357 e. The van der Waals surface area contributed by atoms with Crippen molar-refractivity contribution in [2.75, 3.05) is 18.0 Å². The second-order valence-corrected chi connectivity index (χ2v) is 7.98. The van der Waals surface area contributed by atoms with Gasteiger partial charge in [-0.1, -0.05) is 18.6 Å². The Labute approximate surface area is 177 Å².